The summed E-state index contributed by atoms with van der Waals surface area (Å²) in [6.45, 7) is 9.12. The van der Waals surface area contributed by atoms with Crippen LogP contribution >= 0.6 is 0 Å². The van der Waals surface area contributed by atoms with Crippen LogP contribution in [0.3, 0.4) is 0 Å². The van der Waals surface area contributed by atoms with Crippen LogP contribution in [0.2, 0.25) is 0 Å². The summed E-state index contributed by atoms with van der Waals surface area (Å²) in [6, 6.07) is 21.9. The van der Waals surface area contributed by atoms with E-state index in [1.807, 2.05) is 52.0 Å². The summed E-state index contributed by atoms with van der Waals surface area (Å²) in [7, 11) is -4.06. The first-order valence-electron chi connectivity index (χ1n) is 12.8. The van der Waals surface area contributed by atoms with Crippen LogP contribution in [0.25, 0.3) is 0 Å². The van der Waals surface area contributed by atoms with Crippen molar-refractivity contribution in [1.82, 2.24) is 10.2 Å². The van der Waals surface area contributed by atoms with Gasteiger partial charge >= 0.3 is 0 Å². The van der Waals surface area contributed by atoms with Crippen molar-refractivity contribution in [3.63, 3.8) is 0 Å². The molecule has 3 aromatic carbocycles. The number of aryl methyl sites for hydroxylation is 2. The molecule has 3 rings (SSSR count). The zero-order valence-corrected chi connectivity index (χ0v) is 23.5. The monoisotopic (exact) mass is 535 g/mol. The van der Waals surface area contributed by atoms with Gasteiger partial charge in [0.05, 0.1) is 10.6 Å². The molecular weight excluding hydrogens is 498 g/mol. The van der Waals surface area contributed by atoms with E-state index >= 15 is 0 Å². The Kier molecular flexibility index (Phi) is 9.69. The van der Waals surface area contributed by atoms with Gasteiger partial charge in [0, 0.05) is 12.6 Å². The highest BCUT2D eigenvalue weighted by atomic mass is 32.2. The molecule has 0 radical (unpaired) electrons. The van der Waals surface area contributed by atoms with E-state index in [9.17, 15) is 18.0 Å². The molecule has 0 aliphatic heterocycles. The maximum Gasteiger partial charge on any atom is 0.264 e. The number of carbonyl (C=O) groups is 2. The van der Waals surface area contributed by atoms with Crippen molar-refractivity contribution in [3.05, 3.63) is 95.6 Å². The number of anilines is 1. The molecule has 0 saturated carbocycles. The van der Waals surface area contributed by atoms with Crippen molar-refractivity contribution in [2.24, 2.45) is 0 Å². The van der Waals surface area contributed by atoms with Crippen LogP contribution in [-0.4, -0.2) is 43.8 Å². The fourth-order valence-corrected chi connectivity index (χ4v) is 5.31. The quantitative estimate of drug-likeness (QED) is 0.381. The summed E-state index contributed by atoms with van der Waals surface area (Å²) in [5.41, 5.74) is 3.22. The van der Waals surface area contributed by atoms with Crippen LogP contribution < -0.4 is 9.62 Å². The lowest BCUT2D eigenvalue weighted by Crippen LogP contribution is -2.52. The van der Waals surface area contributed by atoms with Gasteiger partial charge in [-0.2, -0.15) is 0 Å². The Morgan fingerprint density at radius 1 is 0.842 bits per heavy atom. The second kappa shape index (κ2) is 12.7. The van der Waals surface area contributed by atoms with Gasteiger partial charge in [0.1, 0.15) is 12.6 Å². The summed E-state index contributed by atoms with van der Waals surface area (Å²) in [6.07, 6.45) is 0.751. The third kappa shape index (κ3) is 7.22. The lowest BCUT2D eigenvalue weighted by atomic mass is 10.1. The van der Waals surface area contributed by atoms with Gasteiger partial charge in [-0.1, -0.05) is 72.6 Å². The molecule has 0 aliphatic carbocycles. The molecule has 0 saturated heterocycles. The minimum Gasteiger partial charge on any atom is -0.352 e. The van der Waals surface area contributed by atoms with Crippen molar-refractivity contribution in [3.8, 4) is 0 Å². The fourth-order valence-electron chi connectivity index (χ4n) is 3.90. The highest BCUT2D eigenvalue weighted by Crippen LogP contribution is 2.24. The lowest BCUT2D eigenvalue weighted by molar-refractivity contribution is -0.139. The van der Waals surface area contributed by atoms with Crippen molar-refractivity contribution >= 4 is 27.5 Å². The third-order valence-corrected chi connectivity index (χ3v) is 8.36. The second-order valence-electron chi connectivity index (χ2n) is 9.66. The van der Waals surface area contributed by atoms with Crippen LogP contribution in [0.1, 0.15) is 43.9 Å². The molecule has 2 unspecified atom stereocenters. The number of para-hydroxylation sites is 1. The molecule has 1 N–H and O–H groups in total. The van der Waals surface area contributed by atoms with Gasteiger partial charge in [0.15, 0.2) is 0 Å². The standard InChI is InChI=1S/C30H37N3O4S/c1-6-24(4)31-30(35)25(5)32(20-26-16-12-22(2)13-17-26)29(34)21-33(27-10-8-7-9-11-27)38(36,37)28-18-14-23(3)15-19-28/h7-19,24-25H,6,20-21H2,1-5H3,(H,31,35). The molecule has 0 bridgehead atoms. The molecule has 7 nitrogen and oxygen atoms in total. The van der Waals surface area contributed by atoms with Gasteiger partial charge in [0.2, 0.25) is 11.8 Å². The van der Waals surface area contributed by atoms with Crippen LogP contribution in [0, 0.1) is 13.8 Å². The minimum absolute atomic E-state index is 0.0518. The highest BCUT2D eigenvalue weighted by molar-refractivity contribution is 7.92. The average molecular weight is 536 g/mol. The molecule has 0 aliphatic rings. The summed E-state index contributed by atoms with van der Waals surface area (Å²) in [4.78, 5) is 28.5. The lowest BCUT2D eigenvalue weighted by Gasteiger charge is -2.32. The normalized spacial score (nSPS) is 12.9. The fraction of sp³-hybridized carbons (Fsp3) is 0.333. The Hall–Kier alpha value is -3.65. The largest absolute Gasteiger partial charge is 0.352 e. The molecule has 3 aromatic rings. The molecular formula is C30H37N3O4S. The first-order valence-corrected chi connectivity index (χ1v) is 14.3. The Balaban J connectivity index is 1.99. The van der Waals surface area contributed by atoms with E-state index in [2.05, 4.69) is 5.32 Å². The van der Waals surface area contributed by atoms with Crippen molar-refractivity contribution in [1.29, 1.82) is 0 Å². The van der Waals surface area contributed by atoms with Gasteiger partial charge < -0.3 is 10.2 Å². The smallest absolute Gasteiger partial charge is 0.264 e. The van der Waals surface area contributed by atoms with E-state index in [0.717, 1.165) is 27.4 Å². The summed E-state index contributed by atoms with van der Waals surface area (Å²) in [5.74, 6) is -0.760. The molecule has 0 spiro atoms. The maximum atomic E-state index is 13.9. The number of sulfonamides is 1. The molecule has 0 fully saturated rings. The number of hydrogen-bond donors (Lipinski definition) is 1. The highest BCUT2D eigenvalue weighted by Gasteiger charge is 2.32. The summed E-state index contributed by atoms with van der Waals surface area (Å²) < 4.78 is 28.6. The van der Waals surface area contributed by atoms with Gasteiger partial charge in [-0.15, -0.1) is 0 Å². The van der Waals surface area contributed by atoms with Gasteiger partial charge in [0.25, 0.3) is 10.0 Å². The number of amides is 2. The van der Waals surface area contributed by atoms with E-state index in [4.69, 9.17) is 0 Å². The van der Waals surface area contributed by atoms with Gasteiger partial charge in [-0.3, -0.25) is 13.9 Å². The van der Waals surface area contributed by atoms with Crippen molar-refractivity contribution < 1.29 is 18.0 Å². The van der Waals surface area contributed by atoms with Gasteiger partial charge in [-0.05, 0) is 63.9 Å². The second-order valence-corrected chi connectivity index (χ2v) is 11.5. The predicted octanol–water partition coefficient (Wildman–Crippen LogP) is 4.83. The number of nitrogens with zero attached hydrogens (tertiary/aromatic N) is 2. The number of hydrogen-bond acceptors (Lipinski definition) is 4. The predicted molar refractivity (Wildman–Crippen MR) is 151 cm³/mol. The Bertz CT molecular complexity index is 1320. The Morgan fingerprint density at radius 2 is 1.39 bits per heavy atom. The molecule has 38 heavy (non-hydrogen) atoms. The van der Waals surface area contributed by atoms with Gasteiger partial charge in [-0.25, -0.2) is 8.42 Å². The maximum absolute atomic E-state index is 13.9. The molecule has 2 atom stereocenters. The van der Waals surface area contributed by atoms with E-state index in [0.29, 0.717) is 5.69 Å². The van der Waals surface area contributed by atoms with E-state index in [1.165, 1.54) is 17.0 Å². The van der Waals surface area contributed by atoms with E-state index in [-0.39, 0.29) is 23.4 Å². The molecule has 2 amide bonds. The Morgan fingerprint density at radius 3 is 1.95 bits per heavy atom. The zero-order chi connectivity index (χ0) is 27.9. The Labute approximate surface area is 226 Å². The van der Waals surface area contributed by atoms with Crippen LogP contribution in [0.15, 0.2) is 83.8 Å². The van der Waals surface area contributed by atoms with Crippen molar-refractivity contribution in [2.75, 3.05) is 10.8 Å². The van der Waals surface area contributed by atoms with Crippen molar-refractivity contribution in [2.45, 2.75) is 64.6 Å². The SMILES string of the molecule is CCC(C)NC(=O)C(C)N(Cc1ccc(C)cc1)C(=O)CN(c1ccccc1)S(=O)(=O)c1ccc(C)cc1. The van der Waals surface area contributed by atoms with Crippen LogP contribution in [0.5, 0.6) is 0 Å². The molecule has 8 heteroatoms. The number of nitrogens with one attached hydrogen (secondary N) is 1. The third-order valence-electron chi connectivity index (χ3n) is 6.57. The van der Waals surface area contributed by atoms with E-state index in [1.54, 1.807) is 49.4 Å². The first kappa shape index (κ1) is 28.9. The summed E-state index contributed by atoms with van der Waals surface area (Å²) >= 11 is 0. The summed E-state index contributed by atoms with van der Waals surface area (Å²) in [5, 5.41) is 2.94. The topological polar surface area (TPSA) is 86.8 Å². The number of rotatable bonds is 11. The van der Waals surface area contributed by atoms with Crippen LogP contribution in [-0.2, 0) is 26.2 Å². The average Bonchev–Trinajstić information content (AvgIpc) is 2.91. The number of carbonyl (C=O) groups excluding carboxylic acids is 2. The van der Waals surface area contributed by atoms with E-state index < -0.39 is 28.5 Å². The molecule has 0 heterocycles. The molecule has 202 valence electrons. The zero-order valence-electron chi connectivity index (χ0n) is 22.7. The first-order chi connectivity index (χ1) is 18.0. The number of benzene rings is 3. The van der Waals surface area contributed by atoms with Crippen LogP contribution in [0.4, 0.5) is 5.69 Å². The molecule has 0 aromatic heterocycles. The minimum atomic E-state index is -4.06.